The van der Waals surface area contributed by atoms with Gasteiger partial charge >= 0.3 is 0 Å². The number of aliphatic hydroxyl groups excluding tert-OH is 1. The van der Waals surface area contributed by atoms with Gasteiger partial charge in [-0.15, -0.1) is 0 Å². The zero-order valence-electron chi connectivity index (χ0n) is 11.8. The highest BCUT2D eigenvalue weighted by Gasteiger charge is 2.12. The lowest BCUT2D eigenvalue weighted by atomic mass is 10.1. The van der Waals surface area contributed by atoms with E-state index in [1.165, 1.54) is 0 Å². The monoisotopic (exact) mass is 284 g/mol. The standard InChI is InChI=1S/C14H21ClN2O2/c1-9(2)16-14(19)8-17(4)13-6-5-11(10(3)18)7-12(13)15/h5-7,9-10,18H,8H2,1-4H3,(H,16,19). The molecule has 0 spiro atoms. The fraction of sp³-hybridized carbons (Fsp3) is 0.500. The molecule has 0 aliphatic carbocycles. The zero-order chi connectivity index (χ0) is 14.6. The number of rotatable bonds is 5. The number of carbonyl (C=O) groups excluding carboxylic acids is 1. The Morgan fingerprint density at radius 2 is 2.05 bits per heavy atom. The van der Waals surface area contributed by atoms with Crippen LogP contribution in [0.25, 0.3) is 0 Å². The molecule has 0 aliphatic rings. The summed E-state index contributed by atoms with van der Waals surface area (Å²) < 4.78 is 0. The molecule has 1 amide bonds. The molecule has 0 fully saturated rings. The van der Waals surface area contributed by atoms with Crippen LogP contribution in [-0.2, 0) is 4.79 Å². The third kappa shape index (κ3) is 4.73. The molecule has 1 unspecified atom stereocenters. The molecular formula is C14H21ClN2O2. The van der Waals surface area contributed by atoms with E-state index in [-0.39, 0.29) is 18.5 Å². The lowest BCUT2D eigenvalue weighted by molar-refractivity contribution is -0.120. The highest BCUT2D eigenvalue weighted by Crippen LogP contribution is 2.28. The van der Waals surface area contributed by atoms with E-state index >= 15 is 0 Å². The minimum absolute atomic E-state index is 0.0480. The van der Waals surface area contributed by atoms with Crippen molar-refractivity contribution in [3.63, 3.8) is 0 Å². The number of nitrogens with one attached hydrogen (secondary N) is 1. The van der Waals surface area contributed by atoms with E-state index in [4.69, 9.17) is 11.6 Å². The first kappa shape index (κ1) is 15.8. The summed E-state index contributed by atoms with van der Waals surface area (Å²) in [5.41, 5.74) is 1.53. The maximum Gasteiger partial charge on any atom is 0.239 e. The predicted molar refractivity (Wildman–Crippen MR) is 78.6 cm³/mol. The van der Waals surface area contributed by atoms with Crippen molar-refractivity contribution in [1.29, 1.82) is 0 Å². The van der Waals surface area contributed by atoms with Crippen molar-refractivity contribution in [2.75, 3.05) is 18.5 Å². The average molecular weight is 285 g/mol. The minimum Gasteiger partial charge on any atom is -0.389 e. The topological polar surface area (TPSA) is 52.6 Å². The van der Waals surface area contributed by atoms with Crippen LogP contribution in [-0.4, -0.2) is 30.6 Å². The fourth-order valence-electron chi connectivity index (χ4n) is 1.76. The predicted octanol–water partition coefficient (Wildman–Crippen LogP) is 2.35. The van der Waals surface area contributed by atoms with Crippen molar-refractivity contribution in [3.05, 3.63) is 28.8 Å². The smallest absolute Gasteiger partial charge is 0.239 e. The second-order valence-corrected chi connectivity index (χ2v) is 5.37. The molecule has 106 valence electrons. The molecule has 1 rings (SSSR count). The van der Waals surface area contributed by atoms with Crippen molar-refractivity contribution in [2.45, 2.75) is 32.9 Å². The fourth-order valence-corrected chi connectivity index (χ4v) is 2.09. The number of benzene rings is 1. The van der Waals surface area contributed by atoms with E-state index < -0.39 is 6.10 Å². The van der Waals surface area contributed by atoms with Gasteiger partial charge in [0.05, 0.1) is 23.4 Å². The normalized spacial score (nSPS) is 12.4. The molecule has 0 saturated heterocycles. The van der Waals surface area contributed by atoms with Gasteiger partial charge in [-0.3, -0.25) is 4.79 Å². The Morgan fingerprint density at radius 1 is 1.42 bits per heavy atom. The number of aliphatic hydroxyl groups is 1. The quantitative estimate of drug-likeness (QED) is 0.873. The summed E-state index contributed by atoms with van der Waals surface area (Å²) in [4.78, 5) is 13.5. The molecule has 0 radical (unpaired) electrons. The van der Waals surface area contributed by atoms with E-state index in [1.54, 1.807) is 17.9 Å². The molecule has 19 heavy (non-hydrogen) atoms. The van der Waals surface area contributed by atoms with Gasteiger partial charge in [-0.05, 0) is 38.5 Å². The van der Waals surface area contributed by atoms with E-state index in [0.717, 1.165) is 11.3 Å². The van der Waals surface area contributed by atoms with Crippen molar-refractivity contribution < 1.29 is 9.90 Å². The Balaban J connectivity index is 2.77. The number of halogens is 1. The van der Waals surface area contributed by atoms with Gasteiger partial charge < -0.3 is 15.3 Å². The molecule has 4 nitrogen and oxygen atoms in total. The zero-order valence-corrected chi connectivity index (χ0v) is 12.5. The number of amides is 1. The number of hydrogen-bond acceptors (Lipinski definition) is 3. The summed E-state index contributed by atoms with van der Waals surface area (Å²) in [7, 11) is 1.81. The molecule has 1 aromatic carbocycles. The van der Waals surface area contributed by atoms with Gasteiger partial charge in [-0.2, -0.15) is 0 Å². The number of anilines is 1. The maximum atomic E-state index is 11.7. The van der Waals surface area contributed by atoms with Crippen LogP contribution >= 0.6 is 11.6 Å². The molecule has 0 bridgehead atoms. The lowest BCUT2D eigenvalue weighted by Crippen LogP contribution is -2.38. The Hall–Kier alpha value is -1.26. The van der Waals surface area contributed by atoms with Gasteiger partial charge in [0.15, 0.2) is 0 Å². The van der Waals surface area contributed by atoms with Gasteiger partial charge in [-0.1, -0.05) is 17.7 Å². The summed E-state index contributed by atoms with van der Waals surface area (Å²) in [5.74, 6) is -0.0480. The van der Waals surface area contributed by atoms with Crippen LogP contribution in [0.1, 0.15) is 32.4 Å². The molecule has 1 aromatic rings. The first-order valence-electron chi connectivity index (χ1n) is 6.29. The maximum absolute atomic E-state index is 11.7. The average Bonchev–Trinajstić information content (AvgIpc) is 2.26. The summed E-state index contributed by atoms with van der Waals surface area (Å²) in [6.07, 6.45) is -0.555. The van der Waals surface area contributed by atoms with Crippen LogP contribution < -0.4 is 10.2 Å². The Morgan fingerprint density at radius 3 is 2.53 bits per heavy atom. The van der Waals surface area contributed by atoms with Crippen LogP contribution in [0.5, 0.6) is 0 Å². The number of nitrogens with zero attached hydrogens (tertiary/aromatic N) is 1. The van der Waals surface area contributed by atoms with E-state index in [9.17, 15) is 9.90 Å². The van der Waals surface area contributed by atoms with Crippen LogP contribution in [0.15, 0.2) is 18.2 Å². The van der Waals surface area contributed by atoms with Crippen LogP contribution in [0.2, 0.25) is 5.02 Å². The highest BCUT2D eigenvalue weighted by atomic mass is 35.5. The van der Waals surface area contributed by atoms with E-state index in [0.29, 0.717) is 5.02 Å². The highest BCUT2D eigenvalue weighted by molar-refractivity contribution is 6.33. The van der Waals surface area contributed by atoms with Gasteiger partial charge in [0.1, 0.15) is 0 Å². The first-order chi connectivity index (χ1) is 8.81. The molecule has 2 N–H and O–H groups in total. The Bertz CT molecular complexity index is 447. The van der Waals surface area contributed by atoms with Crippen molar-refractivity contribution in [1.82, 2.24) is 5.32 Å². The Labute approximate surface area is 119 Å². The molecule has 1 atom stereocenters. The second-order valence-electron chi connectivity index (χ2n) is 4.97. The van der Waals surface area contributed by atoms with E-state index in [1.807, 2.05) is 33.0 Å². The van der Waals surface area contributed by atoms with Gasteiger partial charge in [0.2, 0.25) is 5.91 Å². The van der Waals surface area contributed by atoms with Crippen LogP contribution in [0.3, 0.4) is 0 Å². The SMILES string of the molecule is CC(C)NC(=O)CN(C)c1ccc(C(C)O)cc1Cl. The molecular weight excluding hydrogens is 264 g/mol. The largest absolute Gasteiger partial charge is 0.389 e. The van der Waals surface area contributed by atoms with Crippen molar-refractivity contribution >= 4 is 23.2 Å². The Kier molecular flexibility index (Phi) is 5.63. The summed E-state index contributed by atoms with van der Waals surface area (Å²) in [5, 5.41) is 12.8. The van der Waals surface area contributed by atoms with Gasteiger partial charge in [0.25, 0.3) is 0 Å². The lowest BCUT2D eigenvalue weighted by Gasteiger charge is -2.21. The molecule has 0 saturated carbocycles. The van der Waals surface area contributed by atoms with Crippen molar-refractivity contribution in [3.8, 4) is 0 Å². The summed E-state index contributed by atoms with van der Waals surface area (Å²) in [6, 6.07) is 5.46. The van der Waals surface area contributed by atoms with Crippen molar-refractivity contribution in [2.24, 2.45) is 0 Å². The molecule has 5 heteroatoms. The molecule has 0 aromatic heterocycles. The first-order valence-corrected chi connectivity index (χ1v) is 6.67. The number of likely N-dealkylation sites (N-methyl/N-ethyl adjacent to an activating group) is 1. The summed E-state index contributed by atoms with van der Waals surface area (Å²) in [6.45, 7) is 5.77. The van der Waals surface area contributed by atoms with Gasteiger partial charge in [-0.25, -0.2) is 0 Å². The van der Waals surface area contributed by atoms with Crippen LogP contribution in [0, 0.1) is 0 Å². The minimum atomic E-state index is -0.555. The van der Waals surface area contributed by atoms with Gasteiger partial charge in [0, 0.05) is 13.1 Å². The summed E-state index contributed by atoms with van der Waals surface area (Å²) >= 11 is 6.17. The van der Waals surface area contributed by atoms with E-state index in [2.05, 4.69) is 5.32 Å². The van der Waals surface area contributed by atoms with Crippen LogP contribution in [0.4, 0.5) is 5.69 Å². The number of carbonyl (C=O) groups is 1. The third-order valence-corrected chi connectivity index (χ3v) is 3.00. The molecule has 0 aliphatic heterocycles. The second kappa shape index (κ2) is 6.78. The number of hydrogen-bond donors (Lipinski definition) is 2. The molecule has 0 heterocycles. The third-order valence-electron chi connectivity index (χ3n) is 2.70.